The number of benzene rings is 2. The number of halogens is 3. The first-order valence-electron chi connectivity index (χ1n) is 5.61. The van der Waals surface area contributed by atoms with Crippen LogP contribution < -0.4 is 5.43 Å². The van der Waals surface area contributed by atoms with Gasteiger partial charge in [0.2, 0.25) is 0 Å². The molecular weight excluding hydrogens is 302 g/mol. The van der Waals surface area contributed by atoms with Gasteiger partial charge in [0.25, 0.3) is 5.91 Å². The Kier molecular flexibility index (Phi) is 4.71. The van der Waals surface area contributed by atoms with Gasteiger partial charge in [-0.05, 0) is 24.3 Å². The molecule has 0 aromatic heterocycles. The number of amides is 1. The van der Waals surface area contributed by atoms with E-state index in [1.807, 2.05) is 0 Å². The van der Waals surface area contributed by atoms with Crippen LogP contribution in [0.5, 0.6) is 0 Å². The lowest BCUT2D eigenvalue weighted by Crippen LogP contribution is -2.18. The highest BCUT2D eigenvalue weighted by Gasteiger charge is 2.09. The third-order valence-electron chi connectivity index (χ3n) is 2.45. The van der Waals surface area contributed by atoms with Crippen LogP contribution in [0.25, 0.3) is 0 Å². The summed E-state index contributed by atoms with van der Waals surface area (Å²) in [5.41, 5.74) is 2.74. The van der Waals surface area contributed by atoms with Crippen molar-refractivity contribution in [1.82, 2.24) is 5.43 Å². The molecule has 0 radical (unpaired) electrons. The molecule has 0 saturated carbocycles. The number of carbonyl (C=O) groups is 1. The Hall–Kier alpha value is -1.91. The minimum Gasteiger partial charge on any atom is -0.267 e. The Labute approximate surface area is 125 Å². The van der Waals surface area contributed by atoms with Crippen molar-refractivity contribution < 1.29 is 9.18 Å². The van der Waals surface area contributed by atoms with Crippen molar-refractivity contribution in [2.45, 2.75) is 0 Å². The molecule has 0 aliphatic rings. The highest BCUT2D eigenvalue weighted by molar-refractivity contribution is 6.36. The van der Waals surface area contributed by atoms with Crippen molar-refractivity contribution >= 4 is 35.3 Å². The molecule has 0 aliphatic carbocycles. The summed E-state index contributed by atoms with van der Waals surface area (Å²) in [5.74, 6) is -1.24. The molecule has 102 valence electrons. The summed E-state index contributed by atoms with van der Waals surface area (Å²) < 4.78 is 13.4. The topological polar surface area (TPSA) is 41.5 Å². The van der Waals surface area contributed by atoms with Crippen molar-refractivity contribution in [1.29, 1.82) is 0 Å². The molecule has 0 atom stereocenters. The van der Waals surface area contributed by atoms with Gasteiger partial charge in [-0.25, -0.2) is 9.82 Å². The van der Waals surface area contributed by atoms with Gasteiger partial charge in [0.05, 0.1) is 16.8 Å². The lowest BCUT2D eigenvalue weighted by molar-refractivity contribution is 0.0951. The van der Waals surface area contributed by atoms with Gasteiger partial charge in [0.1, 0.15) is 5.82 Å². The number of carbonyl (C=O) groups excluding carboxylic acids is 1. The Morgan fingerprint density at radius 2 is 1.95 bits per heavy atom. The zero-order valence-corrected chi connectivity index (χ0v) is 11.6. The van der Waals surface area contributed by atoms with E-state index in [4.69, 9.17) is 23.2 Å². The molecule has 0 heterocycles. The summed E-state index contributed by atoms with van der Waals surface area (Å²) in [4.78, 5) is 11.7. The van der Waals surface area contributed by atoms with Crippen LogP contribution in [0.15, 0.2) is 47.6 Å². The van der Waals surface area contributed by atoms with E-state index in [0.717, 1.165) is 0 Å². The number of nitrogens with one attached hydrogen (secondary N) is 1. The van der Waals surface area contributed by atoms with Gasteiger partial charge < -0.3 is 0 Å². The van der Waals surface area contributed by atoms with E-state index < -0.39 is 11.7 Å². The highest BCUT2D eigenvalue weighted by atomic mass is 35.5. The first-order chi connectivity index (χ1) is 9.58. The number of hydrogen-bond acceptors (Lipinski definition) is 2. The van der Waals surface area contributed by atoms with Gasteiger partial charge in [-0.2, -0.15) is 5.10 Å². The van der Waals surface area contributed by atoms with Gasteiger partial charge in [-0.3, -0.25) is 4.79 Å². The Morgan fingerprint density at radius 3 is 2.65 bits per heavy atom. The number of nitrogens with zero attached hydrogens (tertiary/aromatic N) is 1. The smallest absolute Gasteiger partial charge is 0.267 e. The summed E-state index contributed by atoms with van der Waals surface area (Å²) in [6.45, 7) is 0. The van der Waals surface area contributed by atoms with E-state index in [9.17, 15) is 9.18 Å². The average Bonchev–Trinajstić information content (AvgIpc) is 2.41. The van der Waals surface area contributed by atoms with Gasteiger partial charge in [0.15, 0.2) is 0 Å². The van der Waals surface area contributed by atoms with Crippen molar-refractivity contribution in [3.8, 4) is 0 Å². The Bertz CT molecular complexity index is 674. The molecule has 0 saturated heterocycles. The summed E-state index contributed by atoms with van der Waals surface area (Å²) in [7, 11) is 0. The largest absolute Gasteiger partial charge is 0.274 e. The van der Waals surface area contributed by atoms with E-state index in [0.29, 0.717) is 15.6 Å². The fourth-order valence-corrected chi connectivity index (χ4v) is 1.93. The minimum absolute atomic E-state index is 0.0770. The molecule has 6 heteroatoms. The van der Waals surface area contributed by atoms with Crippen LogP contribution in [0.2, 0.25) is 10.0 Å². The molecule has 0 spiro atoms. The van der Waals surface area contributed by atoms with Crippen LogP contribution in [0.1, 0.15) is 15.9 Å². The maximum atomic E-state index is 13.4. The van der Waals surface area contributed by atoms with Crippen LogP contribution in [-0.4, -0.2) is 12.1 Å². The van der Waals surface area contributed by atoms with Gasteiger partial charge in [-0.15, -0.1) is 0 Å². The van der Waals surface area contributed by atoms with Gasteiger partial charge >= 0.3 is 0 Å². The van der Waals surface area contributed by atoms with Gasteiger partial charge in [-0.1, -0.05) is 41.4 Å². The van der Waals surface area contributed by atoms with Crippen LogP contribution in [0, 0.1) is 5.82 Å². The third-order valence-corrected chi connectivity index (χ3v) is 3.01. The molecule has 0 unspecified atom stereocenters. The SMILES string of the molecule is O=C(N/N=C/c1ccc(Cl)cc1Cl)c1ccccc1F. The lowest BCUT2D eigenvalue weighted by Gasteiger charge is -2.01. The predicted molar refractivity (Wildman–Crippen MR) is 77.9 cm³/mol. The fourth-order valence-electron chi connectivity index (χ4n) is 1.47. The maximum Gasteiger partial charge on any atom is 0.274 e. The average molecular weight is 311 g/mol. The summed E-state index contributed by atoms with van der Waals surface area (Å²) in [5, 5.41) is 4.64. The number of hydrogen-bond donors (Lipinski definition) is 1. The third kappa shape index (κ3) is 3.56. The second-order valence-electron chi connectivity index (χ2n) is 3.84. The van der Waals surface area contributed by atoms with Crippen molar-refractivity contribution in [2.24, 2.45) is 5.10 Å². The van der Waals surface area contributed by atoms with Crippen molar-refractivity contribution in [3.05, 3.63) is 69.5 Å². The molecule has 2 rings (SSSR count). The Morgan fingerprint density at radius 1 is 1.20 bits per heavy atom. The molecule has 1 N–H and O–H groups in total. The second-order valence-corrected chi connectivity index (χ2v) is 4.69. The van der Waals surface area contributed by atoms with E-state index in [1.165, 1.54) is 24.4 Å². The fraction of sp³-hybridized carbons (Fsp3) is 0. The summed E-state index contributed by atoms with van der Waals surface area (Å²) in [6.07, 6.45) is 1.36. The molecule has 0 aliphatic heterocycles. The number of hydrazone groups is 1. The maximum absolute atomic E-state index is 13.4. The van der Waals surface area contributed by atoms with Crippen molar-refractivity contribution in [3.63, 3.8) is 0 Å². The molecule has 0 bridgehead atoms. The van der Waals surface area contributed by atoms with E-state index in [-0.39, 0.29) is 5.56 Å². The van der Waals surface area contributed by atoms with E-state index >= 15 is 0 Å². The monoisotopic (exact) mass is 310 g/mol. The molecule has 0 fully saturated rings. The first kappa shape index (κ1) is 14.5. The normalized spacial score (nSPS) is 10.8. The lowest BCUT2D eigenvalue weighted by atomic mass is 10.2. The highest BCUT2D eigenvalue weighted by Crippen LogP contribution is 2.19. The summed E-state index contributed by atoms with van der Waals surface area (Å²) in [6, 6.07) is 10.5. The van der Waals surface area contributed by atoms with Gasteiger partial charge in [0, 0.05) is 10.6 Å². The number of rotatable bonds is 3. The molecule has 20 heavy (non-hydrogen) atoms. The van der Waals surface area contributed by atoms with Crippen LogP contribution in [0.4, 0.5) is 4.39 Å². The molecule has 2 aromatic rings. The standard InChI is InChI=1S/C14H9Cl2FN2O/c15-10-6-5-9(12(16)7-10)8-18-19-14(20)11-3-1-2-4-13(11)17/h1-8H,(H,19,20)/b18-8+. The zero-order chi connectivity index (χ0) is 14.5. The Balaban J connectivity index is 2.07. The van der Waals surface area contributed by atoms with E-state index in [2.05, 4.69) is 10.5 Å². The predicted octanol–water partition coefficient (Wildman–Crippen LogP) is 3.90. The molecule has 3 nitrogen and oxygen atoms in total. The second kappa shape index (κ2) is 6.50. The van der Waals surface area contributed by atoms with Crippen LogP contribution in [-0.2, 0) is 0 Å². The molecule has 1 amide bonds. The zero-order valence-electron chi connectivity index (χ0n) is 10.1. The summed E-state index contributed by atoms with van der Waals surface area (Å²) >= 11 is 11.7. The molecular formula is C14H9Cl2FN2O. The van der Waals surface area contributed by atoms with Crippen LogP contribution in [0.3, 0.4) is 0 Å². The first-order valence-corrected chi connectivity index (χ1v) is 6.36. The minimum atomic E-state index is -0.635. The van der Waals surface area contributed by atoms with Crippen molar-refractivity contribution in [2.75, 3.05) is 0 Å². The molecule has 2 aromatic carbocycles. The van der Waals surface area contributed by atoms with E-state index in [1.54, 1.807) is 24.3 Å². The van der Waals surface area contributed by atoms with Crippen LogP contribution >= 0.6 is 23.2 Å². The quantitative estimate of drug-likeness (QED) is 0.678.